The van der Waals surface area contributed by atoms with Gasteiger partial charge in [0, 0.05) is 23.4 Å². The first-order valence-electron chi connectivity index (χ1n) is 6.79. The molecule has 2 unspecified atom stereocenters. The van der Waals surface area contributed by atoms with Crippen LogP contribution in [-0.4, -0.2) is 29.0 Å². The van der Waals surface area contributed by atoms with Crippen LogP contribution < -0.4 is 5.73 Å². The second-order valence-electron chi connectivity index (χ2n) is 6.54. The molecule has 2 heterocycles. The van der Waals surface area contributed by atoms with Gasteiger partial charge in [-0.15, -0.1) is 11.3 Å². The van der Waals surface area contributed by atoms with Gasteiger partial charge in [-0.2, -0.15) is 0 Å². The maximum atomic E-state index is 6.14. The van der Waals surface area contributed by atoms with Crippen LogP contribution in [0.2, 0.25) is 0 Å². The predicted octanol–water partition coefficient (Wildman–Crippen LogP) is 2.61. The maximum absolute atomic E-state index is 6.14. The summed E-state index contributed by atoms with van der Waals surface area (Å²) in [6.45, 7) is 12.0. The number of thiazole rings is 1. The van der Waals surface area contributed by atoms with Crippen LogP contribution in [0.4, 0.5) is 0 Å². The van der Waals surface area contributed by atoms with Gasteiger partial charge in [-0.1, -0.05) is 27.7 Å². The number of rotatable bonds is 2. The van der Waals surface area contributed by atoms with Gasteiger partial charge in [0.05, 0.1) is 12.2 Å². The molecule has 1 fully saturated rings. The first kappa shape index (κ1) is 14.0. The van der Waals surface area contributed by atoms with E-state index in [0.29, 0.717) is 12.0 Å². The van der Waals surface area contributed by atoms with Gasteiger partial charge >= 0.3 is 0 Å². The summed E-state index contributed by atoms with van der Waals surface area (Å²) in [6.07, 6.45) is 1.21. The lowest BCUT2D eigenvalue weighted by Crippen LogP contribution is -2.47. The van der Waals surface area contributed by atoms with Crippen LogP contribution in [0.5, 0.6) is 0 Å². The highest BCUT2D eigenvalue weighted by Crippen LogP contribution is 2.25. The first-order valence-corrected chi connectivity index (χ1v) is 7.67. The Hall–Kier alpha value is -0.450. The lowest BCUT2D eigenvalue weighted by atomic mass is 9.93. The highest BCUT2D eigenvalue weighted by Gasteiger charge is 2.24. The quantitative estimate of drug-likeness (QED) is 0.895. The lowest BCUT2D eigenvalue weighted by molar-refractivity contribution is 0.162. The fraction of sp³-hybridized carbons (Fsp3) is 0.786. The average molecular weight is 267 g/mol. The van der Waals surface area contributed by atoms with Gasteiger partial charge in [0.1, 0.15) is 5.01 Å². The van der Waals surface area contributed by atoms with E-state index in [9.17, 15) is 0 Å². The summed E-state index contributed by atoms with van der Waals surface area (Å²) in [7, 11) is 0. The van der Waals surface area contributed by atoms with Crippen molar-refractivity contribution in [3.8, 4) is 0 Å². The largest absolute Gasteiger partial charge is 0.326 e. The SMILES string of the molecule is CC1CCN(Cc2nc(C(C)(C)C)cs2)CC1N. The minimum absolute atomic E-state index is 0.154. The molecule has 0 saturated carbocycles. The van der Waals surface area contributed by atoms with Gasteiger partial charge in [0.15, 0.2) is 0 Å². The van der Waals surface area contributed by atoms with E-state index in [2.05, 4.69) is 38.0 Å². The number of hydrogen-bond acceptors (Lipinski definition) is 4. The molecule has 0 amide bonds. The zero-order valence-corrected chi connectivity index (χ0v) is 12.8. The van der Waals surface area contributed by atoms with Crippen LogP contribution in [-0.2, 0) is 12.0 Å². The van der Waals surface area contributed by atoms with E-state index in [4.69, 9.17) is 10.7 Å². The summed E-state index contributed by atoms with van der Waals surface area (Å²) in [4.78, 5) is 7.20. The zero-order chi connectivity index (χ0) is 13.3. The average Bonchev–Trinajstić information content (AvgIpc) is 2.72. The van der Waals surface area contributed by atoms with Gasteiger partial charge in [-0.05, 0) is 18.9 Å². The van der Waals surface area contributed by atoms with Gasteiger partial charge in [0.2, 0.25) is 0 Å². The summed E-state index contributed by atoms with van der Waals surface area (Å²) in [6, 6.07) is 0.320. The summed E-state index contributed by atoms with van der Waals surface area (Å²) >= 11 is 1.78. The smallest absolute Gasteiger partial charge is 0.107 e. The summed E-state index contributed by atoms with van der Waals surface area (Å²) < 4.78 is 0. The normalized spacial score (nSPS) is 26.5. The number of nitrogens with zero attached hydrogens (tertiary/aromatic N) is 2. The molecule has 0 aromatic carbocycles. The van der Waals surface area contributed by atoms with Gasteiger partial charge in [0.25, 0.3) is 0 Å². The molecule has 1 saturated heterocycles. The Morgan fingerprint density at radius 2 is 2.22 bits per heavy atom. The molecule has 1 aromatic heterocycles. The van der Waals surface area contributed by atoms with Crippen molar-refractivity contribution in [2.45, 2.75) is 52.1 Å². The number of aromatic nitrogens is 1. The molecule has 0 bridgehead atoms. The van der Waals surface area contributed by atoms with Gasteiger partial charge in [-0.25, -0.2) is 4.98 Å². The fourth-order valence-electron chi connectivity index (χ4n) is 2.23. The minimum atomic E-state index is 0.154. The minimum Gasteiger partial charge on any atom is -0.326 e. The Morgan fingerprint density at radius 1 is 1.50 bits per heavy atom. The van der Waals surface area contributed by atoms with Gasteiger partial charge < -0.3 is 5.73 Å². The maximum Gasteiger partial charge on any atom is 0.107 e. The number of likely N-dealkylation sites (tertiary alicyclic amines) is 1. The van der Waals surface area contributed by atoms with Crippen molar-refractivity contribution in [3.63, 3.8) is 0 Å². The fourth-order valence-corrected chi connectivity index (χ4v) is 3.29. The molecule has 4 heteroatoms. The molecule has 2 atom stereocenters. The molecule has 102 valence electrons. The van der Waals surface area contributed by atoms with Crippen LogP contribution in [0.1, 0.15) is 44.8 Å². The van der Waals surface area contributed by atoms with Gasteiger partial charge in [-0.3, -0.25) is 4.90 Å². The van der Waals surface area contributed by atoms with Crippen LogP contribution in [0.15, 0.2) is 5.38 Å². The van der Waals surface area contributed by atoms with Crippen LogP contribution >= 0.6 is 11.3 Å². The van der Waals surface area contributed by atoms with E-state index in [0.717, 1.165) is 19.6 Å². The monoisotopic (exact) mass is 267 g/mol. The van der Waals surface area contributed by atoms with Crippen molar-refractivity contribution in [2.75, 3.05) is 13.1 Å². The second kappa shape index (κ2) is 5.27. The highest BCUT2D eigenvalue weighted by atomic mass is 32.1. The molecular weight excluding hydrogens is 242 g/mol. The third kappa shape index (κ3) is 3.31. The Morgan fingerprint density at radius 3 is 2.78 bits per heavy atom. The Labute approximate surface area is 114 Å². The predicted molar refractivity (Wildman–Crippen MR) is 77.8 cm³/mol. The van der Waals surface area contributed by atoms with E-state index in [1.165, 1.54) is 17.1 Å². The molecule has 2 rings (SSSR count). The molecule has 3 nitrogen and oxygen atoms in total. The topological polar surface area (TPSA) is 42.2 Å². The molecule has 0 aliphatic carbocycles. The number of nitrogens with two attached hydrogens (primary N) is 1. The molecule has 18 heavy (non-hydrogen) atoms. The van der Waals surface area contributed by atoms with Crippen molar-refractivity contribution >= 4 is 11.3 Å². The standard InChI is InChI=1S/C14H25N3S/c1-10-5-6-17(7-11(10)15)8-13-16-12(9-18-13)14(2,3)4/h9-11H,5-8,15H2,1-4H3. The molecule has 0 radical (unpaired) electrons. The highest BCUT2D eigenvalue weighted by molar-refractivity contribution is 7.09. The summed E-state index contributed by atoms with van der Waals surface area (Å²) in [5, 5.41) is 3.42. The summed E-state index contributed by atoms with van der Waals surface area (Å²) in [5.41, 5.74) is 7.50. The van der Waals surface area contributed by atoms with E-state index in [1.54, 1.807) is 11.3 Å². The Balaban J connectivity index is 1.96. The Bertz CT molecular complexity index is 394. The zero-order valence-electron chi connectivity index (χ0n) is 11.9. The van der Waals surface area contributed by atoms with Crippen LogP contribution in [0, 0.1) is 5.92 Å². The van der Waals surface area contributed by atoms with Crippen molar-refractivity contribution in [1.82, 2.24) is 9.88 Å². The molecular formula is C14H25N3S. The molecule has 1 aromatic rings. The Kier molecular flexibility index (Phi) is 4.09. The van der Waals surface area contributed by atoms with Crippen molar-refractivity contribution in [2.24, 2.45) is 11.7 Å². The third-order valence-electron chi connectivity index (χ3n) is 3.78. The van der Waals surface area contributed by atoms with E-state index < -0.39 is 0 Å². The van der Waals surface area contributed by atoms with E-state index >= 15 is 0 Å². The molecule has 1 aliphatic heterocycles. The van der Waals surface area contributed by atoms with E-state index in [1.807, 2.05) is 0 Å². The number of hydrogen-bond donors (Lipinski definition) is 1. The molecule has 1 aliphatic rings. The van der Waals surface area contributed by atoms with Crippen LogP contribution in [0.25, 0.3) is 0 Å². The lowest BCUT2D eigenvalue weighted by Gasteiger charge is -2.34. The van der Waals surface area contributed by atoms with E-state index in [-0.39, 0.29) is 5.41 Å². The van der Waals surface area contributed by atoms with Crippen molar-refractivity contribution in [1.29, 1.82) is 0 Å². The first-order chi connectivity index (χ1) is 8.36. The summed E-state index contributed by atoms with van der Waals surface area (Å²) in [5.74, 6) is 0.655. The molecule has 2 N–H and O–H groups in total. The third-order valence-corrected chi connectivity index (χ3v) is 4.61. The van der Waals surface area contributed by atoms with Crippen molar-refractivity contribution in [3.05, 3.63) is 16.1 Å². The van der Waals surface area contributed by atoms with Crippen LogP contribution in [0.3, 0.4) is 0 Å². The van der Waals surface area contributed by atoms with Crippen molar-refractivity contribution < 1.29 is 0 Å². The molecule has 0 spiro atoms. The second-order valence-corrected chi connectivity index (χ2v) is 7.48. The number of piperidine rings is 1.